The third-order valence-electron chi connectivity index (χ3n) is 5.19. The van der Waals surface area contributed by atoms with Gasteiger partial charge in [0.2, 0.25) is 0 Å². The van der Waals surface area contributed by atoms with Crippen LogP contribution in [-0.4, -0.2) is 14.4 Å². The number of aromatic nitrogens is 3. The van der Waals surface area contributed by atoms with E-state index in [2.05, 4.69) is 88.6 Å². The molecule has 0 aliphatic heterocycles. The summed E-state index contributed by atoms with van der Waals surface area (Å²) in [5, 5.41) is 3.43. The highest BCUT2D eigenvalue weighted by atomic mass is 79.9. The number of imidazole rings is 1. The largest absolute Gasteiger partial charge is 0.283 e. The van der Waals surface area contributed by atoms with Crippen molar-refractivity contribution in [2.75, 3.05) is 0 Å². The molecule has 0 bridgehead atoms. The van der Waals surface area contributed by atoms with Crippen molar-refractivity contribution in [2.45, 2.75) is 20.8 Å². The number of aryl methyl sites for hydroxylation is 3. The molecule has 3 aromatic heterocycles. The summed E-state index contributed by atoms with van der Waals surface area (Å²) in [6.45, 7) is 6.45. The molecule has 0 spiro atoms. The fourth-order valence-corrected chi connectivity index (χ4v) is 4.54. The average molecular weight is 416 g/mol. The summed E-state index contributed by atoms with van der Waals surface area (Å²) >= 11 is 3.58. The van der Waals surface area contributed by atoms with E-state index in [1.54, 1.807) is 0 Å². The van der Waals surface area contributed by atoms with Crippen LogP contribution in [0.1, 0.15) is 16.7 Å². The van der Waals surface area contributed by atoms with Gasteiger partial charge in [0.05, 0.1) is 5.69 Å². The summed E-state index contributed by atoms with van der Waals surface area (Å²) in [5.41, 5.74) is 7.88. The van der Waals surface area contributed by atoms with Crippen LogP contribution in [0.4, 0.5) is 0 Å². The van der Waals surface area contributed by atoms with Crippen molar-refractivity contribution in [1.82, 2.24) is 14.4 Å². The molecule has 4 heteroatoms. The highest BCUT2D eigenvalue weighted by Gasteiger charge is 2.14. The molecule has 0 unspecified atom stereocenters. The van der Waals surface area contributed by atoms with Crippen LogP contribution in [0.5, 0.6) is 0 Å². The number of hydrogen-bond donors (Lipinski definition) is 0. The first-order valence-corrected chi connectivity index (χ1v) is 9.75. The van der Waals surface area contributed by atoms with Crippen molar-refractivity contribution < 1.29 is 0 Å². The molecule has 0 aliphatic carbocycles. The van der Waals surface area contributed by atoms with Crippen LogP contribution < -0.4 is 0 Å². The number of fused-ring (bicyclic) bond motifs is 6. The van der Waals surface area contributed by atoms with E-state index in [-0.39, 0.29) is 0 Å². The van der Waals surface area contributed by atoms with Crippen molar-refractivity contribution in [3.05, 3.63) is 76.0 Å². The molecule has 0 radical (unpaired) electrons. The Morgan fingerprint density at radius 1 is 0.815 bits per heavy atom. The van der Waals surface area contributed by atoms with Gasteiger partial charge >= 0.3 is 0 Å². The van der Waals surface area contributed by atoms with E-state index in [4.69, 9.17) is 4.98 Å². The Morgan fingerprint density at radius 3 is 2.33 bits per heavy atom. The number of benzene rings is 2. The number of rotatable bonds is 1. The van der Waals surface area contributed by atoms with Crippen LogP contribution in [0.3, 0.4) is 0 Å². The summed E-state index contributed by atoms with van der Waals surface area (Å²) in [6.07, 6.45) is 3.83. The minimum atomic E-state index is 0.931. The van der Waals surface area contributed by atoms with Crippen molar-refractivity contribution >= 4 is 43.4 Å². The molecule has 3 nitrogen and oxygen atoms in total. The molecule has 5 aromatic rings. The number of hydrogen-bond acceptors (Lipinski definition) is 2. The number of pyridine rings is 2. The lowest BCUT2D eigenvalue weighted by molar-refractivity contribution is 1.19. The normalized spacial score (nSPS) is 11.7. The van der Waals surface area contributed by atoms with Crippen molar-refractivity contribution in [3.63, 3.8) is 0 Å². The Bertz CT molecular complexity index is 1340. The van der Waals surface area contributed by atoms with Crippen LogP contribution >= 0.6 is 15.9 Å². The van der Waals surface area contributed by atoms with E-state index in [1.807, 2.05) is 12.4 Å². The summed E-state index contributed by atoms with van der Waals surface area (Å²) in [5.74, 6) is 0. The fraction of sp³-hybridized carbons (Fsp3) is 0.130. The maximum atomic E-state index is 5.08. The van der Waals surface area contributed by atoms with E-state index in [1.165, 1.54) is 27.6 Å². The molecule has 0 amide bonds. The standard InChI is InChI=1S/C23H18BrN3/c1-13-10-14(2)21(15(3)11-13)20-7-6-18-17-5-4-16(24)12-19(17)22-25-8-9-27(22)23(18)26-20/h4-12H,1-3H3. The Balaban J connectivity index is 1.90. The second kappa shape index (κ2) is 5.89. The highest BCUT2D eigenvalue weighted by Crippen LogP contribution is 2.33. The average Bonchev–Trinajstić information content (AvgIpc) is 3.11. The van der Waals surface area contributed by atoms with Gasteiger partial charge in [0, 0.05) is 33.2 Å². The third-order valence-corrected chi connectivity index (χ3v) is 5.68. The molecule has 0 saturated heterocycles. The molecular formula is C23H18BrN3. The lowest BCUT2D eigenvalue weighted by Crippen LogP contribution is -1.97. The van der Waals surface area contributed by atoms with E-state index >= 15 is 0 Å². The van der Waals surface area contributed by atoms with Crippen LogP contribution in [0.15, 0.2) is 59.3 Å². The molecule has 5 rings (SSSR count). The quantitative estimate of drug-likeness (QED) is 0.297. The van der Waals surface area contributed by atoms with E-state index in [0.29, 0.717) is 0 Å². The monoisotopic (exact) mass is 415 g/mol. The second-order valence-corrected chi connectivity index (χ2v) is 8.07. The van der Waals surface area contributed by atoms with E-state index in [0.717, 1.165) is 32.2 Å². The topological polar surface area (TPSA) is 30.2 Å². The zero-order chi connectivity index (χ0) is 18.7. The fourth-order valence-electron chi connectivity index (χ4n) is 4.18. The molecule has 0 saturated carbocycles. The first kappa shape index (κ1) is 16.5. The van der Waals surface area contributed by atoms with Crippen LogP contribution in [0, 0.1) is 20.8 Å². The van der Waals surface area contributed by atoms with Gasteiger partial charge in [-0.25, -0.2) is 9.97 Å². The lowest BCUT2D eigenvalue weighted by Gasteiger charge is -2.13. The molecule has 2 aromatic carbocycles. The number of nitrogens with zero attached hydrogens (tertiary/aromatic N) is 3. The Kier molecular flexibility index (Phi) is 3.59. The minimum absolute atomic E-state index is 0.931. The maximum absolute atomic E-state index is 5.08. The minimum Gasteiger partial charge on any atom is -0.283 e. The molecule has 0 atom stereocenters. The van der Waals surface area contributed by atoms with Gasteiger partial charge in [-0.05, 0) is 61.5 Å². The first-order chi connectivity index (χ1) is 13.0. The van der Waals surface area contributed by atoms with Gasteiger partial charge in [-0.1, -0.05) is 39.7 Å². The van der Waals surface area contributed by atoms with Crippen molar-refractivity contribution in [3.8, 4) is 11.3 Å². The van der Waals surface area contributed by atoms with E-state index < -0.39 is 0 Å². The van der Waals surface area contributed by atoms with Gasteiger partial charge in [-0.15, -0.1) is 0 Å². The van der Waals surface area contributed by atoms with Gasteiger partial charge in [-0.3, -0.25) is 4.40 Å². The SMILES string of the molecule is Cc1cc(C)c(-c2ccc3c4ccc(Br)cc4c4nccn4c3n2)c(C)c1. The van der Waals surface area contributed by atoms with Gasteiger partial charge in [-0.2, -0.15) is 0 Å². The molecular weight excluding hydrogens is 398 g/mol. The molecule has 27 heavy (non-hydrogen) atoms. The predicted molar refractivity (Wildman–Crippen MR) is 115 cm³/mol. The molecule has 0 N–H and O–H groups in total. The van der Waals surface area contributed by atoms with Gasteiger partial charge < -0.3 is 0 Å². The van der Waals surface area contributed by atoms with Crippen LogP contribution in [0.25, 0.3) is 38.7 Å². The van der Waals surface area contributed by atoms with Crippen molar-refractivity contribution in [1.29, 1.82) is 0 Å². The van der Waals surface area contributed by atoms with Gasteiger partial charge in [0.15, 0.2) is 0 Å². The number of halogens is 1. The molecule has 132 valence electrons. The summed E-state index contributed by atoms with van der Waals surface area (Å²) in [6, 6.07) is 15.1. The van der Waals surface area contributed by atoms with Crippen molar-refractivity contribution in [2.24, 2.45) is 0 Å². The smallest absolute Gasteiger partial charge is 0.146 e. The molecule has 0 aliphatic rings. The van der Waals surface area contributed by atoms with Gasteiger partial charge in [0.25, 0.3) is 0 Å². The Labute approximate surface area is 165 Å². The molecule has 3 heterocycles. The maximum Gasteiger partial charge on any atom is 0.146 e. The third kappa shape index (κ3) is 2.47. The van der Waals surface area contributed by atoms with E-state index in [9.17, 15) is 0 Å². The van der Waals surface area contributed by atoms with Gasteiger partial charge in [0.1, 0.15) is 11.3 Å². The molecule has 0 fully saturated rings. The zero-order valence-electron chi connectivity index (χ0n) is 15.4. The lowest BCUT2D eigenvalue weighted by atomic mass is 9.96. The summed E-state index contributed by atoms with van der Waals surface area (Å²) < 4.78 is 3.14. The zero-order valence-corrected chi connectivity index (χ0v) is 17.0. The highest BCUT2D eigenvalue weighted by molar-refractivity contribution is 9.10. The first-order valence-electron chi connectivity index (χ1n) is 8.96. The van der Waals surface area contributed by atoms with Crippen LogP contribution in [-0.2, 0) is 0 Å². The Morgan fingerprint density at radius 2 is 1.56 bits per heavy atom. The Hall–Kier alpha value is -2.72. The summed E-state index contributed by atoms with van der Waals surface area (Å²) in [7, 11) is 0. The predicted octanol–water partition coefficient (Wildman–Crippen LogP) is 6.39. The second-order valence-electron chi connectivity index (χ2n) is 7.15. The summed E-state index contributed by atoms with van der Waals surface area (Å²) in [4.78, 5) is 9.67. The van der Waals surface area contributed by atoms with Crippen LogP contribution in [0.2, 0.25) is 0 Å².